The van der Waals surface area contributed by atoms with Crippen molar-refractivity contribution < 1.29 is 27.5 Å². The van der Waals surface area contributed by atoms with Crippen LogP contribution in [0.2, 0.25) is 0 Å². The minimum absolute atomic E-state index is 0.118. The molecule has 3 aromatic rings. The predicted octanol–water partition coefficient (Wildman–Crippen LogP) is 3.94. The van der Waals surface area contributed by atoms with E-state index < -0.39 is 30.4 Å². The van der Waals surface area contributed by atoms with E-state index in [-0.39, 0.29) is 16.6 Å². The van der Waals surface area contributed by atoms with Gasteiger partial charge in [0, 0.05) is 5.56 Å². The highest BCUT2D eigenvalue weighted by Crippen LogP contribution is 2.31. The average Bonchev–Trinajstić information content (AvgIpc) is 3.11. The van der Waals surface area contributed by atoms with E-state index in [0.29, 0.717) is 18.3 Å². The number of hydrogen-bond acceptors (Lipinski definition) is 4. The van der Waals surface area contributed by atoms with Crippen LogP contribution in [-0.2, 0) is 17.5 Å². The third-order valence-electron chi connectivity index (χ3n) is 4.61. The van der Waals surface area contributed by atoms with Gasteiger partial charge < -0.3 is 9.30 Å². The first kappa shape index (κ1) is 23.1. The van der Waals surface area contributed by atoms with E-state index in [1.54, 1.807) is 24.3 Å². The minimum atomic E-state index is -4.73. The lowest BCUT2D eigenvalue weighted by Gasteiger charge is -2.12. The van der Waals surface area contributed by atoms with Gasteiger partial charge in [0.05, 0.1) is 17.6 Å². The molecule has 32 heavy (non-hydrogen) atoms. The molecule has 0 spiro atoms. The number of nitrogens with zero attached hydrogens (tertiary/aromatic N) is 2. The number of nitrogens with one attached hydrogen (secondary N) is 2. The van der Waals surface area contributed by atoms with Crippen LogP contribution in [0, 0.1) is 5.92 Å². The SMILES string of the molecule is CC(C)CCOc1ccc(C(=O)NNC(=O)Cn2c(C(F)(F)F)nc3ccccc32)cc1. The number of imidazole rings is 1. The van der Waals surface area contributed by atoms with Gasteiger partial charge in [0.2, 0.25) is 5.82 Å². The third kappa shape index (κ3) is 5.77. The van der Waals surface area contributed by atoms with Gasteiger partial charge >= 0.3 is 6.18 Å². The van der Waals surface area contributed by atoms with Gasteiger partial charge in [-0.1, -0.05) is 26.0 Å². The predicted molar refractivity (Wildman–Crippen MR) is 112 cm³/mol. The van der Waals surface area contributed by atoms with Gasteiger partial charge in [0.15, 0.2) is 0 Å². The van der Waals surface area contributed by atoms with E-state index in [0.717, 1.165) is 11.0 Å². The Morgan fingerprint density at radius 2 is 1.75 bits per heavy atom. The molecule has 0 unspecified atom stereocenters. The zero-order valence-corrected chi connectivity index (χ0v) is 17.6. The number of carbonyl (C=O) groups is 2. The molecule has 0 saturated heterocycles. The van der Waals surface area contributed by atoms with E-state index in [2.05, 4.69) is 29.7 Å². The zero-order valence-electron chi connectivity index (χ0n) is 17.6. The van der Waals surface area contributed by atoms with Crippen molar-refractivity contribution in [2.45, 2.75) is 33.0 Å². The van der Waals surface area contributed by atoms with Crippen LogP contribution in [0.1, 0.15) is 36.5 Å². The molecule has 7 nitrogen and oxygen atoms in total. The van der Waals surface area contributed by atoms with Gasteiger partial charge in [-0.15, -0.1) is 0 Å². The molecule has 2 aromatic carbocycles. The van der Waals surface area contributed by atoms with Crippen molar-refractivity contribution in [3.05, 3.63) is 59.9 Å². The third-order valence-corrected chi connectivity index (χ3v) is 4.61. The lowest BCUT2D eigenvalue weighted by atomic mass is 10.1. The summed E-state index contributed by atoms with van der Waals surface area (Å²) < 4.78 is 46.3. The van der Waals surface area contributed by atoms with Crippen LogP contribution in [0.25, 0.3) is 11.0 Å². The molecule has 1 aromatic heterocycles. The average molecular weight is 448 g/mol. The largest absolute Gasteiger partial charge is 0.494 e. The highest BCUT2D eigenvalue weighted by atomic mass is 19.4. The number of hydrogen-bond donors (Lipinski definition) is 2. The molecule has 2 N–H and O–H groups in total. The first-order valence-electron chi connectivity index (χ1n) is 9.99. The number of carbonyl (C=O) groups excluding carboxylic acids is 2. The van der Waals surface area contributed by atoms with Crippen LogP contribution in [0.15, 0.2) is 48.5 Å². The molecule has 1 heterocycles. The smallest absolute Gasteiger partial charge is 0.449 e. The topological polar surface area (TPSA) is 85.3 Å². The van der Waals surface area contributed by atoms with Crippen LogP contribution in [0.4, 0.5) is 13.2 Å². The van der Waals surface area contributed by atoms with Crippen molar-refractivity contribution in [3.63, 3.8) is 0 Å². The normalized spacial score (nSPS) is 11.6. The fourth-order valence-electron chi connectivity index (χ4n) is 2.95. The number of rotatable bonds is 7. The summed E-state index contributed by atoms with van der Waals surface area (Å²) >= 11 is 0. The Labute approximate surface area is 182 Å². The summed E-state index contributed by atoms with van der Waals surface area (Å²) in [6, 6.07) is 12.3. The number of hydrazine groups is 1. The van der Waals surface area contributed by atoms with Crippen LogP contribution in [0.5, 0.6) is 5.75 Å². The summed E-state index contributed by atoms with van der Waals surface area (Å²) in [6.45, 7) is 4.06. The van der Waals surface area contributed by atoms with Crippen molar-refractivity contribution in [1.29, 1.82) is 0 Å². The first-order valence-corrected chi connectivity index (χ1v) is 9.99. The Bertz CT molecular complexity index is 1090. The van der Waals surface area contributed by atoms with Crippen LogP contribution in [0.3, 0.4) is 0 Å². The molecule has 0 atom stereocenters. The molecule has 0 aliphatic heterocycles. The van der Waals surface area contributed by atoms with Crippen LogP contribution >= 0.6 is 0 Å². The maximum Gasteiger partial charge on any atom is 0.449 e. The van der Waals surface area contributed by atoms with E-state index in [1.165, 1.54) is 24.3 Å². The molecule has 3 rings (SSSR count). The molecular weight excluding hydrogens is 425 g/mol. The van der Waals surface area contributed by atoms with Gasteiger partial charge in [-0.3, -0.25) is 20.4 Å². The Morgan fingerprint density at radius 1 is 1.06 bits per heavy atom. The second-order valence-corrected chi connectivity index (χ2v) is 7.57. The summed E-state index contributed by atoms with van der Waals surface area (Å²) in [5.41, 5.74) is 4.87. The Kier molecular flexibility index (Phi) is 7.01. The molecule has 0 radical (unpaired) electrons. The highest BCUT2D eigenvalue weighted by molar-refractivity contribution is 5.95. The van der Waals surface area contributed by atoms with Gasteiger partial charge in [0.1, 0.15) is 12.3 Å². The van der Waals surface area contributed by atoms with Crippen molar-refractivity contribution in [2.75, 3.05) is 6.61 Å². The number of fused-ring (bicyclic) bond motifs is 1. The van der Waals surface area contributed by atoms with Crippen molar-refractivity contribution in [3.8, 4) is 5.75 Å². The van der Waals surface area contributed by atoms with Crippen molar-refractivity contribution in [1.82, 2.24) is 20.4 Å². The second-order valence-electron chi connectivity index (χ2n) is 7.57. The van der Waals surface area contributed by atoms with Gasteiger partial charge in [0.25, 0.3) is 11.8 Å². The number of aromatic nitrogens is 2. The first-order chi connectivity index (χ1) is 15.1. The Hall–Kier alpha value is -3.56. The second kappa shape index (κ2) is 9.71. The highest BCUT2D eigenvalue weighted by Gasteiger charge is 2.38. The molecular formula is C22H23F3N4O3. The van der Waals surface area contributed by atoms with Gasteiger partial charge in [-0.05, 0) is 48.7 Å². The number of para-hydroxylation sites is 2. The van der Waals surface area contributed by atoms with E-state index in [1.807, 2.05) is 0 Å². The summed E-state index contributed by atoms with van der Waals surface area (Å²) in [7, 11) is 0. The maximum atomic E-state index is 13.3. The van der Waals surface area contributed by atoms with E-state index >= 15 is 0 Å². The number of ether oxygens (including phenoxy) is 1. The number of alkyl halides is 3. The standard InChI is InChI=1S/C22H23F3N4O3/c1-14(2)11-12-32-16-9-7-15(8-10-16)20(31)28-27-19(30)13-29-18-6-4-3-5-17(18)26-21(29)22(23,24)25/h3-10,14H,11-13H2,1-2H3,(H,27,30)(H,28,31). The molecule has 170 valence electrons. The number of benzene rings is 2. The summed E-state index contributed by atoms with van der Waals surface area (Å²) in [6.07, 6.45) is -3.84. The number of halogens is 3. The quantitative estimate of drug-likeness (QED) is 0.536. The molecule has 10 heteroatoms. The Balaban J connectivity index is 1.60. The fraction of sp³-hybridized carbons (Fsp3) is 0.318. The summed E-state index contributed by atoms with van der Waals surface area (Å²) in [5.74, 6) is -1.51. The van der Waals surface area contributed by atoms with E-state index in [9.17, 15) is 22.8 Å². The van der Waals surface area contributed by atoms with Gasteiger partial charge in [-0.25, -0.2) is 4.98 Å². The molecule has 0 aliphatic rings. The molecule has 0 bridgehead atoms. The monoisotopic (exact) mass is 448 g/mol. The Morgan fingerprint density at radius 3 is 2.41 bits per heavy atom. The maximum absolute atomic E-state index is 13.3. The minimum Gasteiger partial charge on any atom is -0.494 e. The summed E-state index contributed by atoms with van der Waals surface area (Å²) in [5, 5.41) is 0. The van der Waals surface area contributed by atoms with E-state index in [4.69, 9.17) is 4.74 Å². The zero-order chi connectivity index (χ0) is 23.3. The molecule has 0 aliphatic carbocycles. The van der Waals surface area contributed by atoms with Crippen LogP contribution in [-0.4, -0.2) is 28.0 Å². The van der Waals surface area contributed by atoms with Crippen LogP contribution < -0.4 is 15.6 Å². The molecule has 0 fully saturated rings. The van der Waals surface area contributed by atoms with Crippen molar-refractivity contribution in [2.24, 2.45) is 5.92 Å². The van der Waals surface area contributed by atoms with Crippen molar-refractivity contribution >= 4 is 22.8 Å². The lowest BCUT2D eigenvalue weighted by molar-refractivity contribution is -0.147. The fourth-order valence-corrected chi connectivity index (χ4v) is 2.95. The number of amides is 2. The molecule has 2 amide bonds. The van der Waals surface area contributed by atoms with Gasteiger partial charge in [-0.2, -0.15) is 13.2 Å². The lowest BCUT2D eigenvalue weighted by Crippen LogP contribution is -2.43. The summed E-state index contributed by atoms with van der Waals surface area (Å²) in [4.78, 5) is 28.1. The molecule has 0 saturated carbocycles.